The van der Waals surface area contributed by atoms with Gasteiger partial charge in [-0.3, -0.25) is 32.3 Å². The molecule has 10 nitrogen and oxygen atoms in total. The fourth-order valence-electron chi connectivity index (χ4n) is 10.8. The summed E-state index contributed by atoms with van der Waals surface area (Å²) in [7, 11) is 0. The van der Waals surface area contributed by atoms with Crippen LogP contribution in [0.3, 0.4) is 0 Å². The number of allylic oxidation sites excluding steroid dienone is 2. The van der Waals surface area contributed by atoms with Gasteiger partial charge in [-0.2, -0.15) is 0 Å². The van der Waals surface area contributed by atoms with E-state index in [0.717, 1.165) is 62.3 Å². The zero-order valence-corrected chi connectivity index (χ0v) is 75.2. The van der Waals surface area contributed by atoms with Crippen LogP contribution in [-0.4, -0.2) is 53.5 Å². The van der Waals surface area contributed by atoms with E-state index in [9.17, 15) is 41.4 Å². The Labute approximate surface area is 715 Å². The molecule has 0 atom stereocenters. The third-order valence-corrected chi connectivity index (χ3v) is 16.4. The molecule has 0 spiro atoms. The molecule has 0 saturated heterocycles. The number of alkyl halides is 2. The van der Waals surface area contributed by atoms with Crippen LogP contribution >= 0.6 is 0 Å². The van der Waals surface area contributed by atoms with Crippen molar-refractivity contribution in [1.29, 1.82) is 0 Å². The van der Waals surface area contributed by atoms with Crippen LogP contribution in [0.2, 0.25) is 0 Å². The number of para-hydroxylation sites is 2. The number of fused-ring (bicyclic) bond motifs is 2. The van der Waals surface area contributed by atoms with Gasteiger partial charge in [-0.1, -0.05) is 179 Å². The summed E-state index contributed by atoms with van der Waals surface area (Å²) in [5.41, 5.74) is 11.1. The van der Waals surface area contributed by atoms with Gasteiger partial charge in [-0.15, -0.1) is 102 Å². The summed E-state index contributed by atoms with van der Waals surface area (Å²) in [5.74, 6) is -4.40. The minimum atomic E-state index is -3.00. The average molecular weight is 2390 g/mol. The maximum Gasteiger partial charge on any atom is 0.266 e. The molecule has 4 heterocycles. The van der Waals surface area contributed by atoms with Crippen molar-refractivity contribution in [3.8, 4) is 56.5 Å². The number of aliphatic hydroxyl groups excluding tert-OH is 1. The molecule has 0 saturated carbocycles. The number of ketones is 1. The molecule has 3 N–H and O–H groups in total. The van der Waals surface area contributed by atoms with Crippen LogP contribution in [0, 0.1) is 47.5 Å². The van der Waals surface area contributed by atoms with Gasteiger partial charge in [-0.25, -0.2) is 8.78 Å². The smallest absolute Gasteiger partial charge is 0.266 e. The number of rotatable bonds is 8. The van der Waals surface area contributed by atoms with Crippen molar-refractivity contribution in [2.24, 2.45) is 9.98 Å². The summed E-state index contributed by atoms with van der Waals surface area (Å²) in [5, 5.41) is 32.0. The van der Waals surface area contributed by atoms with E-state index in [0.29, 0.717) is 44.8 Å². The van der Waals surface area contributed by atoms with Gasteiger partial charge in [0.15, 0.2) is 5.78 Å². The number of aliphatic hydroxyl groups is 1. The maximum absolute atomic E-state index is 14.6. The number of hydrogen-bond acceptors (Lipinski definition) is 10. The van der Waals surface area contributed by atoms with Gasteiger partial charge in [0, 0.05) is 196 Å². The van der Waals surface area contributed by atoms with Crippen molar-refractivity contribution in [2.45, 2.75) is 125 Å². The van der Waals surface area contributed by atoms with Crippen molar-refractivity contribution in [2.75, 3.05) is 0 Å². The van der Waals surface area contributed by atoms with Crippen LogP contribution < -0.4 is 0 Å². The molecule has 0 bridgehead atoms. The largest absolute Gasteiger partial charge is 0.512 e. The number of nitrogens with zero attached hydrogens (tertiary/aromatic N) is 6. The van der Waals surface area contributed by atoms with Gasteiger partial charge in [-0.05, 0) is 129 Å². The van der Waals surface area contributed by atoms with E-state index in [1.165, 1.54) is 56.3 Å². The number of aliphatic imine (C=N–C) groups is 2. The predicted octanol–water partition coefficient (Wildman–Crippen LogP) is 23.2. The molecule has 21 heteroatoms. The second-order valence-electron chi connectivity index (χ2n) is 28.9. The molecule has 12 aromatic rings. The Morgan fingerprint density at radius 2 is 0.901 bits per heavy atom. The summed E-state index contributed by atoms with van der Waals surface area (Å²) >= 11 is 0. The number of phenols is 2. The molecule has 13 rings (SSSR count). The molecule has 1 aliphatic rings. The molecule has 4 aromatic heterocycles. The average Bonchev–Trinajstić information content (AvgIpc) is 0.722. The first-order chi connectivity index (χ1) is 50.0. The van der Waals surface area contributed by atoms with Gasteiger partial charge < -0.3 is 35.3 Å². The van der Waals surface area contributed by atoms with Crippen molar-refractivity contribution in [3.05, 3.63) is 323 Å². The van der Waals surface area contributed by atoms with Gasteiger partial charge >= 0.3 is 0 Å². The van der Waals surface area contributed by atoms with E-state index in [4.69, 9.17) is 15.1 Å². The number of phenolic OH excluding ortho intramolecular Hbond substituents is 2. The SMILES string of the molecule is CC(=O)C=C(C)O.CC(C)(C)c1cc(C=Nc2ccccc2N=Cc2cc(C(C)(C)C)cc(C(C)(C)C)c2O)c(O)c(C(C)(C)C)c1.FC1(F)c2ccc[c-]c2-c2nccc3cccc1c23.Fc1c[c-]c(-c2ccccn2)c(F)c1.Fc1c[c-]c(-c2ccccn2)cc1.Fc1c[c-]c(-c2ccccn2)cc1.[Ir].[Ir].[Ir].[Ir].[Pt]. The van der Waals surface area contributed by atoms with E-state index in [2.05, 4.69) is 139 Å². The molecule has 1 aliphatic carbocycles. The summed E-state index contributed by atoms with van der Waals surface area (Å²) < 4.78 is 80.1. The summed E-state index contributed by atoms with van der Waals surface area (Å²) in [6, 6.07) is 65.3. The van der Waals surface area contributed by atoms with E-state index < -0.39 is 17.6 Å². The van der Waals surface area contributed by atoms with Crippen molar-refractivity contribution < 1.29 is 148 Å². The Hall–Kier alpha value is -8.36. The Kier molecular flexibility index (Phi) is 37.6. The van der Waals surface area contributed by atoms with E-state index in [1.807, 2.05) is 78.9 Å². The van der Waals surface area contributed by atoms with Crippen LogP contribution in [0.4, 0.5) is 37.7 Å². The van der Waals surface area contributed by atoms with Crippen molar-refractivity contribution in [1.82, 2.24) is 19.9 Å². The molecule has 0 aliphatic heterocycles. The number of aromatic hydroxyl groups is 2. The molecule has 0 fully saturated rings. The zero-order valence-electron chi connectivity index (χ0n) is 63.4. The number of benzene rings is 8. The van der Waals surface area contributed by atoms with Crippen LogP contribution in [0.15, 0.2) is 241 Å². The quantitative estimate of drug-likeness (QED) is 0.0447. The maximum atomic E-state index is 14.6. The third kappa shape index (κ3) is 27.2. The van der Waals surface area contributed by atoms with Gasteiger partial charge in [0.25, 0.3) is 5.92 Å². The molecule has 590 valence electrons. The Bertz CT molecular complexity index is 4890. The van der Waals surface area contributed by atoms with E-state index in [1.54, 1.807) is 91.8 Å². The van der Waals surface area contributed by atoms with Crippen LogP contribution in [-0.2, 0) is 134 Å². The molecule has 8 aromatic carbocycles. The molecular weight excluding hydrogens is 2310 g/mol. The fourth-order valence-corrected chi connectivity index (χ4v) is 10.8. The summed E-state index contributed by atoms with van der Waals surface area (Å²) in [6.07, 6.45) is 11.2. The molecule has 4 radical (unpaired) electrons. The number of carbonyl (C=O) groups is 1. The monoisotopic (exact) mass is 2390 g/mol. The number of aromatic nitrogens is 4. The van der Waals surface area contributed by atoms with Crippen LogP contribution in [0.25, 0.3) is 55.8 Å². The first kappa shape index (κ1) is 96.8. The fraction of sp³-hybridized carbons (Fsp3) is 0.211. The van der Waals surface area contributed by atoms with Crippen molar-refractivity contribution in [3.63, 3.8) is 0 Å². The van der Waals surface area contributed by atoms with E-state index in [-0.39, 0.29) is 175 Å². The Balaban J connectivity index is 0.000000375. The first-order valence-electron chi connectivity index (χ1n) is 34.0. The number of pyridine rings is 4. The standard InChI is InChI=1S/C36H48N2O2.C16H8F2N.C11H6F2N.2C11H7FN.C5H8O2.4Ir.Pt/c1-33(2,3)25-17-23(31(39)27(19-25)35(7,8)9)21-37-29-15-13-14-16-30(29)38-22-24-18-26(34(4,5)6)20-28(32(24)40)36(10,11)12;17-16(18)12-6-2-1-5-11(12)15-14-10(8-9-19-15)4-3-7-13(14)16;12-8-4-5-9(10(13)7-8)11-3-1-2-6-14-11;2*12-10-6-4-9(5-7-10)11-3-1-2-8-13-11;1-4(6)3-5(2)7;;;;;/h13-22,39-40H,1-12H3;1-4,6-9H;1-4,6-7H;2*1-4,6-8H;3,6H,1-2H3;;;;;/q;4*-1;;;;;;. The number of carbonyl (C=O) groups excluding carboxylic acids is 1. The first-order valence-corrected chi connectivity index (χ1v) is 34.0. The minimum Gasteiger partial charge on any atom is -0.512 e. The molecule has 111 heavy (non-hydrogen) atoms. The summed E-state index contributed by atoms with van der Waals surface area (Å²) in [6.45, 7) is 28.5. The Morgan fingerprint density at radius 1 is 0.459 bits per heavy atom. The second-order valence-corrected chi connectivity index (χ2v) is 28.9. The van der Waals surface area contributed by atoms with Crippen molar-refractivity contribution >= 4 is 40.4 Å². The third-order valence-electron chi connectivity index (χ3n) is 16.4. The van der Waals surface area contributed by atoms with Crippen LogP contribution in [0.5, 0.6) is 11.5 Å². The number of halogens is 6. The topological polar surface area (TPSA) is 154 Å². The molecule has 0 unspecified atom stereocenters. The van der Waals surface area contributed by atoms with Crippen LogP contribution in [0.1, 0.15) is 141 Å². The normalized spacial score (nSPS) is 11.8. The van der Waals surface area contributed by atoms with Gasteiger partial charge in [0.05, 0.1) is 17.1 Å². The Morgan fingerprint density at radius 3 is 1.29 bits per heavy atom. The van der Waals surface area contributed by atoms with Gasteiger partial charge in [0.2, 0.25) is 0 Å². The summed E-state index contributed by atoms with van der Waals surface area (Å²) in [4.78, 5) is 36.0. The second kappa shape index (κ2) is 43.0. The predicted molar refractivity (Wildman–Crippen MR) is 413 cm³/mol. The van der Waals surface area contributed by atoms with Gasteiger partial charge in [0.1, 0.15) is 11.5 Å². The minimum absolute atomic E-state index is 0. The number of hydrogen-bond donors (Lipinski definition) is 3. The van der Waals surface area contributed by atoms with E-state index >= 15 is 0 Å². The zero-order chi connectivity index (χ0) is 77.3. The molecular formula is C90H84F6Ir4N6O4Pt-4. The molecule has 0 amide bonds.